The topological polar surface area (TPSA) is 86.7 Å². The third kappa shape index (κ3) is 3.23. The second kappa shape index (κ2) is 7.02. The molecule has 1 aliphatic rings. The first-order valence-electron chi connectivity index (χ1n) is 7.57. The molecule has 0 spiro atoms. The lowest BCUT2D eigenvalue weighted by Crippen LogP contribution is -2.37. The van der Waals surface area contributed by atoms with Crippen molar-refractivity contribution in [3.63, 3.8) is 0 Å². The molecule has 8 heteroatoms. The smallest absolute Gasteiger partial charge is 0.262 e. The summed E-state index contributed by atoms with van der Waals surface area (Å²) in [7, 11) is -3.74. The number of carbonyl (C=O) groups is 1. The number of thiophene rings is 1. The van der Waals surface area contributed by atoms with Crippen molar-refractivity contribution in [2.75, 3.05) is 19.7 Å². The summed E-state index contributed by atoms with van der Waals surface area (Å²) >= 11 is 1.09. The molecule has 1 amide bonds. The maximum Gasteiger partial charge on any atom is 0.262 e. The maximum absolute atomic E-state index is 13.0. The summed E-state index contributed by atoms with van der Waals surface area (Å²) in [5, 5.41) is 12.9. The van der Waals surface area contributed by atoms with Crippen LogP contribution in [0.15, 0.2) is 40.6 Å². The Morgan fingerprint density at radius 3 is 2.75 bits per heavy atom. The number of fused-ring (bicyclic) bond motifs is 1. The second-order valence-electron chi connectivity index (χ2n) is 5.45. The standard InChI is InChI=1S/C16H18N2O4S2/c19-9-7-17-16(20)15-14(6-10-23-15)24(21,22)18-8-5-12-3-1-2-4-13(12)11-18/h1-4,6,10,19H,5,7-9,11H2,(H,17,20). The largest absolute Gasteiger partial charge is 0.395 e. The van der Waals surface area contributed by atoms with E-state index in [1.807, 2.05) is 24.3 Å². The normalized spacial score (nSPS) is 15.0. The van der Waals surface area contributed by atoms with E-state index in [-0.39, 0.29) is 22.9 Å². The van der Waals surface area contributed by atoms with Crippen molar-refractivity contribution < 1.29 is 18.3 Å². The minimum absolute atomic E-state index is 0.0299. The highest BCUT2D eigenvalue weighted by Gasteiger charge is 2.32. The zero-order chi connectivity index (χ0) is 17.2. The number of rotatable bonds is 5. The molecule has 1 aromatic heterocycles. The first-order chi connectivity index (χ1) is 11.5. The molecule has 3 rings (SSSR count). The molecule has 2 aromatic rings. The first-order valence-corrected chi connectivity index (χ1v) is 9.89. The van der Waals surface area contributed by atoms with Crippen LogP contribution in [-0.4, -0.2) is 43.4 Å². The van der Waals surface area contributed by atoms with Gasteiger partial charge in [-0.05, 0) is 29.0 Å². The first kappa shape index (κ1) is 17.1. The average Bonchev–Trinajstić information content (AvgIpc) is 3.10. The van der Waals surface area contributed by atoms with E-state index in [1.165, 1.54) is 10.4 Å². The number of nitrogens with zero attached hydrogens (tertiary/aromatic N) is 1. The Bertz CT molecular complexity index is 845. The monoisotopic (exact) mass is 366 g/mol. The summed E-state index contributed by atoms with van der Waals surface area (Å²) in [6, 6.07) is 9.25. The molecule has 0 atom stereocenters. The number of aliphatic hydroxyl groups is 1. The van der Waals surface area contributed by atoms with Crippen LogP contribution in [-0.2, 0) is 23.0 Å². The molecule has 24 heavy (non-hydrogen) atoms. The van der Waals surface area contributed by atoms with E-state index in [1.54, 1.807) is 5.38 Å². The van der Waals surface area contributed by atoms with Crippen molar-refractivity contribution in [3.05, 3.63) is 51.7 Å². The molecule has 0 bridgehead atoms. The van der Waals surface area contributed by atoms with Crippen molar-refractivity contribution in [1.29, 1.82) is 0 Å². The second-order valence-corrected chi connectivity index (χ2v) is 8.27. The van der Waals surface area contributed by atoms with Crippen LogP contribution in [0.1, 0.15) is 20.8 Å². The third-order valence-corrected chi connectivity index (χ3v) is 6.88. The Kier molecular flexibility index (Phi) is 5.00. The van der Waals surface area contributed by atoms with Crippen LogP contribution in [0.4, 0.5) is 0 Å². The van der Waals surface area contributed by atoms with Crippen LogP contribution in [0.2, 0.25) is 0 Å². The molecule has 0 radical (unpaired) electrons. The van der Waals surface area contributed by atoms with Gasteiger partial charge in [0.05, 0.1) is 6.61 Å². The Balaban J connectivity index is 1.87. The summed E-state index contributed by atoms with van der Waals surface area (Å²) in [5.74, 6) is -0.477. The minimum Gasteiger partial charge on any atom is -0.395 e. The fourth-order valence-corrected chi connectivity index (χ4v) is 5.47. The lowest BCUT2D eigenvalue weighted by Gasteiger charge is -2.28. The highest BCUT2D eigenvalue weighted by molar-refractivity contribution is 7.89. The SMILES string of the molecule is O=C(NCCO)c1sccc1S(=O)(=O)N1CCc2ccccc2C1. The maximum atomic E-state index is 13.0. The number of nitrogens with one attached hydrogen (secondary N) is 1. The number of amides is 1. The van der Waals surface area contributed by atoms with Crippen LogP contribution in [0.25, 0.3) is 0 Å². The fourth-order valence-electron chi connectivity index (χ4n) is 2.73. The molecular formula is C16H18N2O4S2. The summed E-state index contributed by atoms with van der Waals surface area (Å²) in [5.41, 5.74) is 2.16. The predicted octanol–water partition coefficient (Wildman–Crippen LogP) is 1.22. The van der Waals surface area contributed by atoms with Crippen LogP contribution in [0.3, 0.4) is 0 Å². The zero-order valence-electron chi connectivity index (χ0n) is 12.9. The molecule has 0 saturated heterocycles. The van der Waals surface area contributed by atoms with Gasteiger partial charge in [0.15, 0.2) is 0 Å². The van der Waals surface area contributed by atoms with Crippen molar-refractivity contribution in [1.82, 2.24) is 9.62 Å². The van der Waals surface area contributed by atoms with Gasteiger partial charge < -0.3 is 10.4 Å². The van der Waals surface area contributed by atoms with Gasteiger partial charge in [-0.25, -0.2) is 8.42 Å². The summed E-state index contributed by atoms with van der Waals surface area (Å²) in [4.78, 5) is 12.3. The van der Waals surface area contributed by atoms with Crippen molar-refractivity contribution in [2.24, 2.45) is 0 Å². The number of aliphatic hydroxyl groups excluding tert-OH is 1. The average molecular weight is 366 g/mol. The molecule has 2 N–H and O–H groups in total. The summed E-state index contributed by atoms with van der Waals surface area (Å²) in [6.07, 6.45) is 0.658. The van der Waals surface area contributed by atoms with E-state index >= 15 is 0 Å². The van der Waals surface area contributed by atoms with Crippen molar-refractivity contribution in [2.45, 2.75) is 17.9 Å². The van der Waals surface area contributed by atoms with Gasteiger partial charge in [-0.1, -0.05) is 24.3 Å². The molecule has 6 nitrogen and oxygen atoms in total. The van der Waals surface area contributed by atoms with Gasteiger partial charge in [-0.2, -0.15) is 4.31 Å². The van der Waals surface area contributed by atoms with Crippen LogP contribution in [0.5, 0.6) is 0 Å². The zero-order valence-corrected chi connectivity index (χ0v) is 14.6. The number of carbonyl (C=O) groups excluding carboxylic acids is 1. The molecule has 0 unspecified atom stereocenters. The number of hydrogen-bond donors (Lipinski definition) is 2. The minimum atomic E-state index is -3.74. The molecule has 2 heterocycles. The van der Waals surface area contributed by atoms with Gasteiger partial charge in [-0.15, -0.1) is 11.3 Å². The molecule has 1 aliphatic heterocycles. The van der Waals surface area contributed by atoms with Crippen LogP contribution < -0.4 is 5.32 Å². The Labute approximate surface area is 144 Å². The number of benzene rings is 1. The molecule has 0 saturated carbocycles. The number of sulfonamides is 1. The highest BCUT2D eigenvalue weighted by Crippen LogP contribution is 2.29. The van der Waals surface area contributed by atoms with Crippen molar-refractivity contribution >= 4 is 27.3 Å². The number of hydrogen-bond acceptors (Lipinski definition) is 5. The van der Waals surface area contributed by atoms with Gasteiger partial charge in [-0.3, -0.25) is 4.79 Å². The van der Waals surface area contributed by atoms with E-state index in [4.69, 9.17) is 5.11 Å². The lowest BCUT2D eigenvalue weighted by atomic mass is 10.0. The van der Waals surface area contributed by atoms with Gasteiger partial charge >= 0.3 is 0 Å². The quantitative estimate of drug-likeness (QED) is 0.833. The highest BCUT2D eigenvalue weighted by atomic mass is 32.2. The molecule has 0 fully saturated rings. The van der Waals surface area contributed by atoms with E-state index < -0.39 is 15.9 Å². The van der Waals surface area contributed by atoms with E-state index in [0.29, 0.717) is 19.5 Å². The Hall–Kier alpha value is -1.74. The van der Waals surface area contributed by atoms with Gasteiger partial charge in [0.2, 0.25) is 10.0 Å². The van der Waals surface area contributed by atoms with E-state index in [0.717, 1.165) is 22.5 Å². The van der Waals surface area contributed by atoms with Crippen LogP contribution >= 0.6 is 11.3 Å². The van der Waals surface area contributed by atoms with E-state index in [9.17, 15) is 13.2 Å². The van der Waals surface area contributed by atoms with Crippen molar-refractivity contribution in [3.8, 4) is 0 Å². The molecular weight excluding hydrogens is 348 g/mol. The molecule has 1 aromatic carbocycles. The summed E-state index contributed by atoms with van der Waals surface area (Å²) in [6.45, 7) is 0.606. The summed E-state index contributed by atoms with van der Waals surface area (Å²) < 4.78 is 27.3. The Morgan fingerprint density at radius 2 is 2.00 bits per heavy atom. The third-order valence-electron chi connectivity index (χ3n) is 3.95. The fraction of sp³-hybridized carbons (Fsp3) is 0.312. The van der Waals surface area contributed by atoms with E-state index in [2.05, 4.69) is 5.32 Å². The van der Waals surface area contributed by atoms with Gasteiger partial charge in [0.25, 0.3) is 5.91 Å². The Morgan fingerprint density at radius 1 is 1.25 bits per heavy atom. The predicted molar refractivity (Wildman–Crippen MR) is 91.5 cm³/mol. The van der Waals surface area contributed by atoms with Gasteiger partial charge in [0.1, 0.15) is 9.77 Å². The molecule has 0 aliphatic carbocycles. The van der Waals surface area contributed by atoms with Crippen LogP contribution in [0, 0.1) is 0 Å². The van der Waals surface area contributed by atoms with Gasteiger partial charge in [0, 0.05) is 19.6 Å². The lowest BCUT2D eigenvalue weighted by molar-refractivity contribution is 0.0945. The molecule has 128 valence electrons.